The van der Waals surface area contributed by atoms with Crippen LogP contribution in [0.1, 0.15) is 19.8 Å². The summed E-state index contributed by atoms with van der Waals surface area (Å²) in [5, 5.41) is 7.52. The van der Waals surface area contributed by atoms with Crippen LogP contribution in [-0.2, 0) is 4.74 Å². The van der Waals surface area contributed by atoms with Gasteiger partial charge in [-0.25, -0.2) is 0 Å². The number of nitrogens with one attached hydrogen (secondary N) is 2. The molecule has 1 atom stereocenters. The van der Waals surface area contributed by atoms with Crippen molar-refractivity contribution in [2.24, 2.45) is 4.99 Å². The molecule has 1 unspecified atom stereocenters. The fourth-order valence-electron chi connectivity index (χ4n) is 2.92. The van der Waals surface area contributed by atoms with Crippen molar-refractivity contribution in [2.45, 2.75) is 36.0 Å². The summed E-state index contributed by atoms with van der Waals surface area (Å²) in [5.74, 6) is 0.913. The number of piperidine rings is 1. The van der Waals surface area contributed by atoms with Gasteiger partial charge < -0.3 is 20.3 Å². The average molecular weight is 365 g/mol. The Bertz CT molecular complexity index is 503. The summed E-state index contributed by atoms with van der Waals surface area (Å²) in [6, 6.07) is 11.0. The second-order valence-corrected chi connectivity index (χ2v) is 7.96. The molecule has 5 nitrogen and oxygen atoms in total. The first-order chi connectivity index (χ1) is 12.2. The van der Waals surface area contributed by atoms with Gasteiger partial charge in [-0.15, -0.1) is 11.8 Å². The van der Waals surface area contributed by atoms with Crippen LogP contribution in [0.2, 0.25) is 0 Å². The van der Waals surface area contributed by atoms with Gasteiger partial charge >= 0.3 is 0 Å². The first-order valence-corrected chi connectivity index (χ1v) is 9.99. The SMILES string of the molecule is CN=C(NCC(C)Sc1ccccc1)NC1CCN(CCOC)CC1. The van der Waals surface area contributed by atoms with Crippen LogP contribution in [0, 0.1) is 0 Å². The first kappa shape index (κ1) is 20.1. The third-order valence-electron chi connectivity index (χ3n) is 4.40. The van der Waals surface area contributed by atoms with E-state index >= 15 is 0 Å². The maximum absolute atomic E-state index is 5.16. The summed E-state index contributed by atoms with van der Waals surface area (Å²) in [7, 11) is 3.61. The fraction of sp³-hybridized carbons (Fsp3) is 0.632. The third-order valence-corrected chi connectivity index (χ3v) is 5.51. The van der Waals surface area contributed by atoms with E-state index in [4.69, 9.17) is 4.74 Å². The fourth-order valence-corrected chi connectivity index (χ4v) is 3.87. The van der Waals surface area contributed by atoms with Crippen LogP contribution in [0.15, 0.2) is 40.2 Å². The van der Waals surface area contributed by atoms with E-state index in [9.17, 15) is 0 Å². The smallest absolute Gasteiger partial charge is 0.191 e. The van der Waals surface area contributed by atoms with E-state index in [1.807, 2.05) is 18.8 Å². The van der Waals surface area contributed by atoms with Gasteiger partial charge in [0.2, 0.25) is 0 Å². The Morgan fingerprint density at radius 3 is 2.68 bits per heavy atom. The van der Waals surface area contributed by atoms with Gasteiger partial charge in [-0.3, -0.25) is 4.99 Å². The lowest BCUT2D eigenvalue weighted by atomic mass is 10.1. The minimum atomic E-state index is 0.483. The van der Waals surface area contributed by atoms with Crippen molar-refractivity contribution in [3.05, 3.63) is 30.3 Å². The van der Waals surface area contributed by atoms with Gasteiger partial charge in [0.05, 0.1) is 6.61 Å². The summed E-state index contributed by atoms with van der Waals surface area (Å²) >= 11 is 1.89. The Labute approximate surface area is 156 Å². The summed E-state index contributed by atoms with van der Waals surface area (Å²) in [4.78, 5) is 8.16. The molecule has 1 aliphatic heterocycles. The quantitative estimate of drug-likeness (QED) is 0.422. The number of guanidine groups is 1. The van der Waals surface area contributed by atoms with Gasteiger partial charge in [-0.2, -0.15) is 0 Å². The molecule has 0 spiro atoms. The number of rotatable bonds is 8. The maximum Gasteiger partial charge on any atom is 0.191 e. The highest BCUT2D eigenvalue weighted by Crippen LogP contribution is 2.21. The van der Waals surface area contributed by atoms with E-state index in [2.05, 4.69) is 57.8 Å². The molecular formula is C19H32N4OS. The largest absolute Gasteiger partial charge is 0.383 e. The van der Waals surface area contributed by atoms with E-state index in [0.717, 1.165) is 51.6 Å². The highest BCUT2D eigenvalue weighted by atomic mass is 32.2. The Kier molecular flexibility index (Phi) is 9.15. The molecule has 1 aliphatic rings. The summed E-state index contributed by atoms with van der Waals surface area (Å²) < 4.78 is 5.16. The van der Waals surface area contributed by atoms with Gasteiger partial charge in [0, 0.05) is 56.5 Å². The van der Waals surface area contributed by atoms with Crippen LogP contribution in [0.3, 0.4) is 0 Å². The first-order valence-electron chi connectivity index (χ1n) is 9.11. The minimum absolute atomic E-state index is 0.483. The van der Waals surface area contributed by atoms with Crippen LogP contribution in [0.25, 0.3) is 0 Å². The second kappa shape index (κ2) is 11.4. The number of benzene rings is 1. The minimum Gasteiger partial charge on any atom is -0.383 e. The molecule has 25 heavy (non-hydrogen) atoms. The molecule has 0 radical (unpaired) electrons. The van der Waals surface area contributed by atoms with Crippen LogP contribution < -0.4 is 10.6 Å². The number of hydrogen-bond donors (Lipinski definition) is 2. The summed E-state index contributed by atoms with van der Waals surface area (Å²) in [5.41, 5.74) is 0. The maximum atomic E-state index is 5.16. The van der Waals surface area contributed by atoms with Crippen molar-refractivity contribution in [2.75, 3.05) is 46.9 Å². The van der Waals surface area contributed by atoms with Gasteiger partial charge in [-0.1, -0.05) is 25.1 Å². The van der Waals surface area contributed by atoms with Crippen LogP contribution in [0.5, 0.6) is 0 Å². The predicted molar refractivity (Wildman–Crippen MR) is 108 cm³/mol. The molecule has 1 aromatic carbocycles. The molecule has 2 rings (SSSR count). The van der Waals surface area contributed by atoms with Gasteiger partial charge in [0.15, 0.2) is 5.96 Å². The lowest BCUT2D eigenvalue weighted by Gasteiger charge is -2.33. The van der Waals surface area contributed by atoms with Crippen molar-refractivity contribution in [1.29, 1.82) is 0 Å². The second-order valence-electron chi connectivity index (χ2n) is 6.45. The number of methoxy groups -OCH3 is 1. The Morgan fingerprint density at radius 1 is 1.32 bits per heavy atom. The molecule has 1 saturated heterocycles. The topological polar surface area (TPSA) is 48.9 Å². The number of ether oxygens (including phenoxy) is 1. The number of nitrogens with zero attached hydrogens (tertiary/aromatic N) is 2. The lowest BCUT2D eigenvalue weighted by molar-refractivity contribution is 0.128. The van der Waals surface area contributed by atoms with E-state index in [-0.39, 0.29) is 0 Å². The zero-order chi connectivity index (χ0) is 17.9. The molecule has 0 aromatic heterocycles. The van der Waals surface area contributed by atoms with Crippen molar-refractivity contribution in [3.63, 3.8) is 0 Å². The van der Waals surface area contributed by atoms with E-state index < -0.39 is 0 Å². The Balaban J connectivity index is 1.67. The molecule has 1 heterocycles. The van der Waals surface area contributed by atoms with Crippen LogP contribution in [0.4, 0.5) is 0 Å². The van der Waals surface area contributed by atoms with Crippen molar-refractivity contribution in [3.8, 4) is 0 Å². The molecule has 0 bridgehead atoms. The van der Waals surface area contributed by atoms with Gasteiger partial charge in [-0.05, 0) is 25.0 Å². The molecule has 0 amide bonds. The molecule has 2 N–H and O–H groups in total. The van der Waals surface area contributed by atoms with Crippen LogP contribution >= 0.6 is 11.8 Å². The average Bonchev–Trinajstić information content (AvgIpc) is 2.65. The normalized spacial score (nSPS) is 18.1. The predicted octanol–water partition coefficient (Wildman–Crippen LogP) is 2.44. The van der Waals surface area contributed by atoms with Gasteiger partial charge in [0.25, 0.3) is 0 Å². The molecule has 6 heteroatoms. The highest BCUT2D eigenvalue weighted by molar-refractivity contribution is 8.00. The third kappa shape index (κ3) is 7.67. The van der Waals surface area contributed by atoms with Crippen LogP contribution in [-0.4, -0.2) is 69.1 Å². The molecule has 0 saturated carbocycles. The Morgan fingerprint density at radius 2 is 2.04 bits per heavy atom. The van der Waals surface area contributed by atoms with Crippen molar-refractivity contribution >= 4 is 17.7 Å². The number of aliphatic imine (C=N–C) groups is 1. The summed E-state index contributed by atoms with van der Waals surface area (Å²) in [6.45, 7) is 7.23. The number of likely N-dealkylation sites (tertiary alicyclic amines) is 1. The highest BCUT2D eigenvalue weighted by Gasteiger charge is 2.19. The molecule has 1 fully saturated rings. The molecule has 140 valence electrons. The number of hydrogen-bond acceptors (Lipinski definition) is 4. The zero-order valence-corrected chi connectivity index (χ0v) is 16.5. The van der Waals surface area contributed by atoms with Crippen molar-refractivity contribution in [1.82, 2.24) is 15.5 Å². The number of thioether (sulfide) groups is 1. The monoisotopic (exact) mass is 364 g/mol. The molecule has 1 aromatic rings. The standard InChI is InChI=1S/C19H32N4OS/c1-16(25-18-7-5-4-6-8-18)15-21-19(20-2)22-17-9-11-23(12-10-17)13-14-24-3/h4-8,16-17H,9-15H2,1-3H3,(H2,20,21,22). The summed E-state index contributed by atoms with van der Waals surface area (Å²) in [6.07, 6.45) is 2.30. The lowest BCUT2D eigenvalue weighted by Crippen LogP contribution is -2.49. The van der Waals surface area contributed by atoms with Crippen molar-refractivity contribution < 1.29 is 4.74 Å². The van der Waals surface area contributed by atoms with Gasteiger partial charge in [0.1, 0.15) is 0 Å². The molecule has 0 aliphatic carbocycles. The van der Waals surface area contributed by atoms with E-state index in [1.165, 1.54) is 4.90 Å². The molecular weight excluding hydrogens is 332 g/mol. The van der Waals surface area contributed by atoms with E-state index in [1.54, 1.807) is 7.11 Å². The zero-order valence-electron chi connectivity index (χ0n) is 15.7. The Hall–Kier alpha value is -1.24. The van der Waals surface area contributed by atoms with E-state index in [0.29, 0.717) is 11.3 Å².